The molecule has 0 heterocycles. The number of carbonyl (C=O) groups excluding carboxylic acids is 2. The molecule has 0 aliphatic carbocycles. The van der Waals surface area contributed by atoms with Crippen molar-refractivity contribution in [2.75, 3.05) is 5.32 Å². The van der Waals surface area contributed by atoms with E-state index in [1.165, 1.54) is 6.07 Å². The van der Waals surface area contributed by atoms with Crippen LogP contribution in [0.4, 0.5) is 14.9 Å². The molecule has 2 aromatic rings. The molecule has 0 bridgehead atoms. The number of aldehydes is 1. The first kappa shape index (κ1) is 16.7. The van der Waals surface area contributed by atoms with Gasteiger partial charge in [0.1, 0.15) is 17.7 Å². The van der Waals surface area contributed by atoms with Crippen LogP contribution < -0.4 is 5.32 Å². The predicted octanol–water partition coefficient (Wildman–Crippen LogP) is 4.65. The van der Waals surface area contributed by atoms with Gasteiger partial charge in [0.2, 0.25) is 0 Å². The molecule has 0 fully saturated rings. The average molecular weight is 315 g/mol. The molecule has 2 rings (SSSR count). The summed E-state index contributed by atoms with van der Waals surface area (Å²) in [4.78, 5) is 22.3. The fourth-order valence-electron chi connectivity index (χ4n) is 1.99. The van der Waals surface area contributed by atoms with Gasteiger partial charge >= 0.3 is 6.09 Å². The van der Waals surface area contributed by atoms with Crippen molar-refractivity contribution in [3.8, 4) is 11.1 Å². The van der Waals surface area contributed by atoms with Crippen LogP contribution in [0.5, 0.6) is 0 Å². The highest BCUT2D eigenvalue weighted by Gasteiger charge is 2.16. The third kappa shape index (κ3) is 4.64. The number of benzene rings is 2. The topological polar surface area (TPSA) is 55.4 Å². The molecule has 23 heavy (non-hydrogen) atoms. The minimum atomic E-state index is -0.639. The summed E-state index contributed by atoms with van der Waals surface area (Å²) in [6.07, 6.45) is 0.0912. The molecule has 0 saturated heterocycles. The van der Waals surface area contributed by atoms with Gasteiger partial charge in [0.15, 0.2) is 0 Å². The molecule has 0 radical (unpaired) electrons. The Balaban J connectivity index is 2.17. The summed E-state index contributed by atoms with van der Waals surface area (Å²) in [5.74, 6) is -0.475. The Kier molecular flexibility index (Phi) is 4.79. The maximum Gasteiger partial charge on any atom is 0.412 e. The normalized spacial score (nSPS) is 11.0. The van der Waals surface area contributed by atoms with Gasteiger partial charge in [-0.2, -0.15) is 0 Å². The van der Waals surface area contributed by atoms with E-state index in [-0.39, 0.29) is 0 Å². The number of amides is 1. The molecule has 120 valence electrons. The van der Waals surface area contributed by atoms with Crippen LogP contribution in [-0.2, 0) is 4.74 Å². The van der Waals surface area contributed by atoms with Crippen LogP contribution in [0, 0.1) is 5.82 Å². The Morgan fingerprint density at radius 3 is 2.30 bits per heavy atom. The molecule has 0 aliphatic heterocycles. The summed E-state index contributed by atoms with van der Waals surface area (Å²) < 4.78 is 19.4. The molecule has 0 aliphatic rings. The number of anilines is 1. The number of nitrogens with one attached hydrogen (secondary N) is 1. The molecule has 1 N–H and O–H groups in total. The van der Waals surface area contributed by atoms with Gasteiger partial charge in [-0.1, -0.05) is 24.3 Å². The van der Waals surface area contributed by atoms with Crippen molar-refractivity contribution in [2.45, 2.75) is 26.4 Å². The number of carbonyl (C=O) groups is 2. The van der Waals surface area contributed by atoms with Gasteiger partial charge in [-0.3, -0.25) is 10.1 Å². The maximum atomic E-state index is 14.2. The molecule has 0 unspecified atom stereocenters. The second kappa shape index (κ2) is 6.60. The first-order chi connectivity index (χ1) is 10.8. The first-order valence-electron chi connectivity index (χ1n) is 7.14. The SMILES string of the molecule is CC(C)(C)OC(=O)Nc1ccc(-c2ccc(C=O)cc2)c(F)c1. The monoisotopic (exact) mass is 315 g/mol. The van der Waals surface area contributed by atoms with E-state index in [0.717, 1.165) is 6.29 Å². The Hall–Kier alpha value is -2.69. The van der Waals surface area contributed by atoms with Gasteiger partial charge in [0.05, 0.1) is 0 Å². The first-order valence-corrected chi connectivity index (χ1v) is 7.14. The van der Waals surface area contributed by atoms with Crippen molar-refractivity contribution in [1.82, 2.24) is 0 Å². The number of rotatable bonds is 3. The summed E-state index contributed by atoms with van der Waals surface area (Å²) in [6, 6.07) is 11.0. The predicted molar refractivity (Wildman–Crippen MR) is 87.1 cm³/mol. The zero-order valence-electron chi connectivity index (χ0n) is 13.2. The summed E-state index contributed by atoms with van der Waals surface area (Å²) in [6.45, 7) is 5.25. The van der Waals surface area contributed by atoms with E-state index >= 15 is 0 Å². The molecule has 4 nitrogen and oxygen atoms in total. The highest BCUT2D eigenvalue weighted by Crippen LogP contribution is 2.25. The lowest BCUT2D eigenvalue weighted by Crippen LogP contribution is -2.27. The van der Waals surface area contributed by atoms with Crippen molar-refractivity contribution in [3.05, 3.63) is 53.8 Å². The van der Waals surface area contributed by atoms with Crippen molar-refractivity contribution in [1.29, 1.82) is 0 Å². The molecule has 0 saturated carbocycles. The largest absolute Gasteiger partial charge is 0.444 e. The minimum absolute atomic E-state index is 0.310. The van der Waals surface area contributed by atoms with Crippen molar-refractivity contribution >= 4 is 18.1 Å². The van der Waals surface area contributed by atoms with Crippen molar-refractivity contribution < 1.29 is 18.7 Å². The van der Waals surface area contributed by atoms with Crippen LogP contribution >= 0.6 is 0 Å². The highest BCUT2D eigenvalue weighted by molar-refractivity contribution is 5.85. The quantitative estimate of drug-likeness (QED) is 0.839. The van der Waals surface area contributed by atoms with Crippen LogP contribution in [0.15, 0.2) is 42.5 Å². The number of ether oxygens (including phenoxy) is 1. The van der Waals surface area contributed by atoms with E-state index in [0.29, 0.717) is 22.4 Å². The molecule has 0 aromatic heterocycles. The molecular weight excluding hydrogens is 297 g/mol. The highest BCUT2D eigenvalue weighted by atomic mass is 19.1. The summed E-state index contributed by atoms with van der Waals surface area (Å²) in [5, 5.41) is 2.49. The molecule has 1 amide bonds. The minimum Gasteiger partial charge on any atom is -0.444 e. The van der Waals surface area contributed by atoms with Gasteiger partial charge in [-0.15, -0.1) is 0 Å². The number of hydrogen-bond donors (Lipinski definition) is 1. The third-order valence-electron chi connectivity index (χ3n) is 2.97. The van der Waals surface area contributed by atoms with Gasteiger partial charge in [-0.25, -0.2) is 9.18 Å². The van der Waals surface area contributed by atoms with Crippen LogP contribution in [0.3, 0.4) is 0 Å². The molecule has 5 heteroatoms. The zero-order valence-corrected chi connectivity index (χ0v) is 13.2. The van der Waals surface area contributed by atoms with Crippen molar-refractivity contribution in [2.24, 2.45) is 0 Å². The van der Waals surface area contributed by atoms with Crippen LogP contribution in [0.2, 0.25) is 0 Å². The van der Waals surface area contributed by atoms with Crippen LogP contribution in [-0.4, -0.2) is 18.0 Å². The summed E-state index contributed by atoms with van der Waals surface area (Å²) in [7, 11) is 0. The fourth-order valence-corrected chi connectivity index (χ4v) is 1.99. The smallest absolute Gasteiger partial charge is 0.412 e. The van der Waals surface area contributed by atoms with E-state index < -0.39 is 17.5 Å². The third-order valence-corrected chi connectivity index (χ3v) is 2.97. The zero-order chi connectivity index (χ0) is 17.0. The molecule has 2 aromatic carbocycles. The summed E-state index contributed by atoms with van der Waals surface area (Å²) >= 11 is 0. The number of halogens is 1. The van der Waals surface area contributed by atoms with Crippen molar-refractivity contribution in [3.63, 3.8) is 0 Å². The van der Waals surface area contributed by atoms with Gasteiger partial charge in [0.25, 0.3) is 0 Å². The lowest BCUT2D eigenvalue weighted by Gasteiger charge is -2.19. The Bertz CT molecular complexity index is 718. The average Bonchev–Trinajstić information content (AvgIpc) is 2.45. The van der Waals surface area contributed by atoms with E-state index in [1.54, 1.807) is 57.2 Å². The second-order valence-corrected chi connectivity index (χ2v) is 6.06. The molecular formula is C18H18FNO3. The van der Waals surface area contributed by atoms with E-state index in [9.17, 15) is 14.0 Å². The van der Waals surface area contributed by atoms with Gasteiger partial charge in [-0.05, 0) is 44.5 Å². The van der Waals surface area contributed by atoms with Gasteiger partial charge < -0.3 is 4.74 Å². The maximum absolute atomic E-state index is 14.2. The Labute approximate surface area is 134 Å². The van der Waals surface area contributed by atoms with Crippen LogP contribution in [0.1, 0.15) is 31.1 Å². The van der Waals surface area contributed by atoms with Gasteiger partial charge in [0, 0.05) is 16.8 Å². The van der Waals surface area contributed by atoms with E-state index in [4.69, 9.17) is 4.74 Å². The number of hydrogen-bond acceptors (Lipinski definition) is 3. The van der Waals surface area contributed by atoms with Crippen LogP contribution in [0.25, 0.3) is 11.1 Å². The van der Waals surface area contributed by atoms with E-state index in [1.807, 2.05) is 0 Å². The summed E-state index contributed by atoms with van der Waals surface area (Å²) in [5.41, 5.74) is 1.25. The fraction of sp³-hybridized carbons (Fsp3) is 0.222. The second-order valence-electron chi connectivity index (χ2n) is 6.06. The molecule has 0 spiro atoms. The Morgan fingerprint density at radius 1 is 1.13 bits per heavy atom. The lowest BCUT2D eigenvalue weighted by atomic mass is 10.0. The standard InChI is InChI=1S/C18H18FNO3/c1-18(2,3)23-17(22)20-14-8-9-15(16(19)10-14)13-6-4-12(11-21)5-7-13/h4-11H,1-3H3,(H,20,22). The lowest BCUT2D eigenvalue weighted by molar-refractivity contribution is 0.0636. The Morgan fingerprint density at radius 2 is 1.78 bits per heavy atom. The van der Waals surface area contributed by atoms with E-state index in [2.05, 4.69) is 5.32 Å². The molecule has 0 atom stereocenters.